The summed E-state index contributed by atoms with van der Waals surface area (Å²) >= 11 is 0. The molecule has 0 saturated carbocycles. The van der Waals surface area contributed by atoms with E-state index in [0.29, 0.717) is 0 Å². The monoisotopic (exact) mass is 536 g/mol. The Labute approximate surface area is 241 Å². The van der Waals surface area contributed by atoms with Gasteiger partial charge in [0.1, 0.15) is 0 Å². The fourth-order valence-electron chi connectivity index (χ4n) is 7.05. The largest absolute Gasteiger partial charge is 0.180 e. The predicted molar refractivity (Wildman–Crippen MR) is 179 cm³/mol. The molecule has 8 aromatic carbocycles. The Morgan fingerprint density at radius 1 is 0.293 bits per heavy atom. The molecule has 192 valence electrons. The van der Waals surface area contributed by atoms with E-state index in [2.05, 4.69) is 170 Å². The molecule has 0 nitrogen and oxygen atoms in total. The number of hydrogen-bond acceptors (Lipinski definition) is 0. The average molecular weight is 537 g/mol. The Kier molecular flexibility index (Phi) is 5.58. The highest BCUT2D eigenvalue weighted by molar-refractivity contribution is 7.20. The first-order chi connectivity index (χ1) is 20.4. The van der Waals surface area contributed by atoms with Crippen LogP contribution >= 0.6 is 0 Å². The molecule has 8 aromatic rings. The number of benzene rings is 8. The first-order valence-corrected chi connectivity index (χ1v) is 16.3. The predicted octanol–water partition coefficient (Wildman–Crippen LogP) is 7.63. The molecule has 0 aliphatic rings. The van der Waals surface area contributed by atoms with Gasteiger partial charge in [0, 0.05) is 0 Å². The molecule has 0 amide bonds. The quantitative estimate of drug-likeness (QED) is 0.121. The molecule has 0 saturated heterocycles. The molecule has 0 spiro atoms. The van der Waals surface area contributed by atoms with E-state index in [0.717, 1.165) is 0 Å². The van der Waals surface area contributed by atoms with Crippen molar-refractivity contribution < 1.29 is 0 Å². The second-order valence-corrected chi connectivity index (χ2v) is 14.6. The van der Waals surface area contributed by atoms with Gasteiger partial charge in [-0.2, -0.15) is 0 Å². The molecule has 1 heteroatoms. The number of rotatable bonds is 5. The summed E-state index contributed by atoms with van der Waals surface area (Å²) in [7, 11) is -2.69. The van der Waals surface area contributed by atoms with Crippen LogP contribution in [0.15, 0.2) is 170 Å². The first kappa shape index (κ1) is 23.9. The van der Waals surface area contributed by atoms with Crippen molar-refractivity contribution >= 4 is 61.1 Å². The van der Waals surface area contributed by atoms with Gasteiger partial charge in [-0.25, -0.2) is 0 Å². The fraction of sp³-hybridized carbons (Fsp3) is 0. The summed E-state index contributed by atoms with van der Waals surface area (Å²) in [6.45, 7) is 0. The van der Waals surface area contributed by atoms with Gasteiger partial charge < -0.3 is 0 Å². The normalized spacial score (nSPS) is 11.9. The summed E-state index contributed by atoms with van der Waals surface area (Å²) in [5.41, 5.74) is 2.61. The molecule has 0 radical (unpaired) electrons. The molecule has 0 atom stereocenters. The van der Waals surface area contributed by atoms with E-state index in [9.17, 15) is 0 Å². The van der Waals surface area contributed by atoms with Gasteiger partial charge in [-0.15, -0.1) is 0 Å². The minimum absolute atomic E-state index is 1.29. The van der Waals surface area contributed by atoms with Crippen LogP contribution in [0.1, 0.15) is 0 Å². The topological polar surface area (TPSA) is 0 Å². The lowest BCUT2D eigenvalue weighted by atomic mass is 9.90. The summed E-state index contributed by atoms with van der Waals surface area (Å²) in [4.78, 5) is 0. The molecule has 0 bridgehead atoms. The van der Waals surface area contributed by atoms with Crippen molar-refractivity contribution in [3.63, 3.8) is 0 Å². The van der Waals surface area contributed by atoms with E-state index in [1.807, 2.05) is 0 Å². The summed E-state index contributed by atoms with van der Waals surface area (Å²) in [6.07, 6.45) is 0. The van der Waals surface area contributed by atoms with Gasteiger partial charge in [-0.3, -0.25) is 0 Å². The molecule has 41 heavy (non-hydrogen) atoms. The van der Waals surface area contributed by atoms with E-state index >= 15 is 0 Å². The van der Waals surface area contributed by atoms with Crippen LogP contribution in [-0.4, -0.2) is 8.07 Å². The van der Waals surface area contributed by atoms with E-state index in [1.165, 1.54) is 64.2 Å². The SMILES string of the molecule is c1ccc([Si](c2ccccc2)(c2ccccc2)c2ccccc2-c2ccc3ccc4cccc5ccc2c3c45)cc1. The smallest absolute Gasteiger partial charge is 0.0623 e. The highest BCUT2D eigenvalue weighted by atomic mass is 28.3. The third-order valence-corrected chi connectivity index (χ3v) is 13.6. The number of hydrogen-bond donors (Lipinski definition) is 0. The van der Waals surface area contributed by atoms with Crippen LogP contribution in [0.5, 0.6) is 0 Å². The maximum Gasteiger partial charge on any atom is 0.180 e. The van der Waals surface area contributed by atoms with Crippen LogP contribution in [0.25, 0.3) is 43.4 Å². The molecular weight excluding hydrogens is 509 g/mol. The van der Waals surface area contributed by atoms with Crippen molar-refractivity contribution in [2.24, 2.45) is 0 Å². The zero-order valence-corrected chi connectivity index (χ0v) is 23.7. The van der Waals surface area contributed by atoms with E-state index in [-0.39, 0.29) is 0 Å². The van der Waals surface area contributed by atoms with Gasteiger partial charge in [-0.1, -0.05) is 170 Å². The molecule has 0 N–H and O–H groups in total. The van der Waals surface area contributed by atoms with Crippen LogP contribution in [0.2, 0.25) is 0 Å². The molecule has 8 rings (SSSR count). The van der Waals surface area contributed by atoms with Gasteiger partial charge in [0.2, 0.25) is 0 Å². The maximum absolute atomic E-state index is 2.69. The zero-order chi connectivity index (χ0) is 27.2. The van der Waals surface area contributed by atoms with Gasteiger partial charge in [-0.05, 0) is 64.2 Å². The van der Waals surface area contributed by atoms with E-state index in [4.69, 9.17) is 0 Å². The van der Waals surface area contributed by atoms with Crippen LogP contribution in [0.4, 0.5) is 0 Å². The third-order valence-electron chi connectivity index (χ3n) is 8.77. The molecule has 0 aromatic heterocycles. The van der Waals surface area contributed by atoms with Gasteiger partial charge >= 0.3 is 0 Å². The second-order valence-electron chi connectivity index (χ2n) is 10.9. The fourth-order valence-corrected chi connectivity index (χ4v) is 12.0. The van der Waals surface area contributed by atoms with Gasteiger partial charge in [0.05, 0.1) is 0 Å². The lowest BCUT2D eigenvalue weighted by Crippen LogP contribution is -2.75. The molecule has 0 aliphatic heterocycles. The van der Waals surface area contributed by atoms with Crippen molar-refractivity contribution in [1.82, 2.24) is 0 Å². The Morgan fingerprint density at radius 3 is 1.34 bits per heavy atom. The van der Waals surface area contributed by atoms with Crippen molar-refractivity contribution in [3.8, 4) is 11.1 Å². The third kappa shape index (κ3) is 3.60. The molecule has 0 heterocycles. The minimum Gasteiger partial charge on any atom is -0.0623 e. The molecular formula is C40H28Si. The maximum atomic E-state index is 2.40. The summed E-state index contributed by atoms with van der Waals surface area (Å²) in [5.74, 6) is 0. The van der Waals surface area contributed by atoms with Crippen molar-refractivity contribution in [2.75, 3.05) is 0 Å². The highest BCUT2D eigenvalue weighted by Crippen LogP contribution is 2.39. The minimum atomic E-state index is -2.69. The van der Waals surface area contributed by atoms with Gasteiger partial charge in [0.25, 0.3) is 0 Å². The molecule has 0 unspecified atom stereocenters. The lowest BCUT2D eigenvalue weighted by molar-refractivity contribution is 1.65. The Balaban J connectivity index is 1.52. The Hall–Kier alpha value is -4.98. The summed E-state index contributed by atoms with van der Waals surface area (Å²) in [6, 6.07) is 63.3. The van der Waals surface area contributed by atoms with Crippen LogP contribution in [0, 0.1) is 0 Å². The summed E-state index contributed by atoms with van der Waals surface area (Å²) < 4.78 is 0. The molecule has 0 fully saturated rings. The standard InChI is InChI=1S/C40H28Si/c1-4-15-32(16-5-1)41(33-17-6-2-7-18-33,34-19-8-3-9-20-34)38-22-11-10-21-36(38)35-27-25-31-24-23-29-13-12-14-30-26-28-37(35)40(31)39(29)30/h1-28H. The Bertz CT molecular complexity index is 2020. The average Bonchev–Trinajstić information content (AvgIpc) is 3.06. The van der Waals surface area contributed by atoms with Crippen LogP contribution < -0.4 is 20.7 Å². The Morgan fingerprint density at radius 2 is 0.756 bits per heavy atom. The van der Waals surface area contributed by atoms with E-state index < -0.39 is 8.07 Å². The highest BCUT2D eigenvalue weighted by Gasteiger charge is 2.42. The van der Waals surface area contributed by atoms with E-state index in [1.54, 1.807) is 0 Å². The van der Waals surface area contributed by atoms with Crippen LogP contribution in [0.3, 0.4) is 0 Å². The van der Waals surface area contributed by atoms with Crippen molar-refractivity contribution in [1.29, 1.82) is 0 Å². The second kappa shape index (κ2) is 9.59. The van der Waals surface area contributed by atoms with Crippen LogP contribution in [-0.2, 0) is 0 Å². The first-order valence-electron chi connectivity index (χ1n) is 14.3. The van der Waals surface area contributed by atoms with Crippen molar-refractivity contribution in [2.45, 2.75) is 0 Å². The molecule has 0 aliphatic carbocycles. The summed E-state index contributed by atoms with van der Waals surface area (Å²) in [5, 5.41) is 13.5. The van der Waals surface area contributed by atoms with Crippen molar-refractivity contribution in [3.05, 3.63) is 170 Å². The van der Waals surface area contributed by atoms with Gasteiger partial charge in [0.15, 0.2) is 8.07 Å². The lowest BCUT2D eigenvalue weighted by Gasteiger charge is -2.36. The zero-order valence-electron chi connectivity index (χ0n) is 22.7.